The minimum Gasteiger partial charge on any atom is -0.356 e. The molecule has 0 heterocycles. The zero-order valence-corrected chi connectivity index (χ0v) is 13.2. The van der Waals surface area contributed by atoms with Gasteiger partial charge in [0.25, 0.3) is 0 Å². The largest absolute Gasteiger partial charge is 0.356 e. The maximum atomic E-state index is 13.0. The van der Waals surface area contributed by atoms with Crippen LogP contribution >= 0.6 is 15.9 Å². The lowest BCUT2D eigenvalue weighted by molar-refractivity contribution is -0.120. The Morgan fingerprint density at radius 1 is 1.30 bits per heavy atom. The minimum absolute atomic E-state index is 0.0738. The number of benzene rings is 1. The number of carbonyl (C=O) groups is 1. The van der Waals surface area contributed by atoms with Crippen molar-refractivity contribution in [3.63, 3.8) is 0 Å². The predicted octanol–water partition coefficient (Wildman–Crippen LogP) is 3.82. The lowest BCUT2D eigenvalue weighted by Gasteiger charge is -2.15. The van der Waals surface area contributed by atoms with Gasteiger partial charge in [0.05, 0.1) is 6.42 Å². The van der Waals surface area contributed by atoms with E-state index in [2.05, 4.69) is 28.2 Å². The van der Waals surface area contributed by atoms with Crippen LogP contribution in [0.1, 0.15) is 31.7 Å². The van der Waals surface area contributed by atoms with Crippen molar-refractivity contribution in [2.24, 2.45) is 5.92 Å². The lowest BCUT2D eigenvalue weighted by atomic mass is 10.0. The second-order valence-corrected chi connectivity index (χ2v) is 5.65. The molecule has 112 valence electrons. The molecule has 0 spiro atoms. The molecule has 0 aliphatic rings. The molecule has 1 unspecified atom stereocenters. The average molecular weight is 348 g/mol. The van der Waals surface area contributed by atoms with Crippen LogP contribution in [0.15, 0.2) is 18.2 Å². The zero-order chi connectivity index (χ0) is 15.0. The van der Waals surface area contributed by atoms with Crippen LogP contribution in [0.3, 0.4) is 0 Å². The van der Waals surface area contributed by atoms with Crippen LogP contribution in [0.25, 0.3) is 0 Å². The molecule has 2 nitrogen and oxygen atoms in total. The van der Waals surface area contributed by atoms with E-state index in [1.165, 1.54) is 6.07 Å². The van der Waals surface area contributed by atoms with Crippen molar-refractivity contribution in [3.05, 3.63) is 35.4 Å². The summed E-state index contributed by atoms with van der Waals surface area (Å²) in [6.07, 6.45) is 3.23. The molecule has 5 heteroatoms. The van der Waals surface area contributed by atoms with Crippen molar-refractivity contribution in [2.75, 3.05) is 11.9 Å². The van der Waals surface area contributed by atoms with E-state index in [1.807, 2.05) is 0 Å². The maximum absolute atomic E-state index is 13.0. The van der Waals surface area contributed by atoms with Crippen LogP contribution in [0, 0.1) is 17.6 Å². The molecule has 0 fully saturated rings. The average Bonchev–Trinajstić information content (AvgIpc) is 2.41. The number of amides is 1. The molecule has 0 aliphatic carbocycles. The SMILES string of the molecule is CCCC(CCBr)CNC(=O)Cc1ccc(F)c(F)c1. The Labute approximate surface area is 127 Å². The monoisotopic (exact) mass is 347 g/mol. The number of alkyl halides is 1. The third-order valence-corrected chi connectivity index (χ3v) is 3.61. The van der Waals surface area contributed by atoms with Gasteiger partial charge in [-0.15, -0.1) is 0 Å². The number of rotatable bonds is 8. The van der Waals surface area contributed by atoms with Gasteiger partial charge in [0.1, 0.15) is 0 Å². The molecule has 1 aromatic carbocycles. The first-order valence-corrected chi connectivity index (χ1v) is 7.95. The molecule has 0 saturated carbocycles. The number of halogens is 3. The fraction of sp³-hybridized carbons (Fsp3) is 0.533. The first-order chi connectivity index (χ1) is 9.56. The molecule has 1 atom stereocenters. The molecule has 20 heavy (non-hydrogen) atoms. The highest BCUT2D eigenvalue weighted by molar-refractivity contribution is 9.09. The number of carbonyl (C=O) groups excluding carboxylic acids is 1. The van der Waals surface area contributed by atoms with Gasteiger partial charge in [0.15, 0.2) is 11.6 Å². The van der Waals surface area contributed by atoms with Crippen molar-refractivity contribution in [2.45, 2.75) is 32.6 Å². The van der Waals surface area contributed by atoms with Gasteiger partial charge >= 0.3 is 0 Å². The molecular weight excluding hydrogens is 328 g/mol. The topological polar surface area (TPSA) is 29.1 Å². The van der Waals surface area contributed by atoms with Crippen molar-refractivity contribution >= 4 is 21.8 Å². The Bertz CT molecular complexity index is 434. The zero-order valence-electron chi connectivity index (χ0n) is 11.6. The molecule has 1 amide bonds. The van der Waals surface area contributed by atoms with E-state index in [0.717, 1.165) is 36.7 Å². The van der Waals surface area contributed by atoms with Gasteiger partial charge in [-0.2, -0.15) is 0 Å². The highest BCUT2D eigenvalue weighted by Gasteiger charge is 2.11. The normalized spacial score (nSPS) is 12.2. The van der Waals surface area contributed by atoms with Crippen molar-refractivity contribution < 1.29 is 13.6 Å². The van der Waals surface area contributed by atoms with Crippen LogP contribution in [-0.4, -0.2) is 17.8 Å². The molecular formula is C15H20BrF2NO. The summed E-state index contributed by atoms with van der Waals surface area (Å²) in [5.74, 6) is -1.52. The van der Waals surface area contributed by atoms with Crippen LogP contribution in [-0.2, 0) is 11.2 Å². The van der Waals surface area contributed by atoms with E-state index < -0.39 is 11.6 Å². The summed E-state index contributed by atoms with van der Waals surface area (Å²) in [7, 11) is 0. The molecule has 1 N–H and O–H groups in total. The van der Waals surface area contributed by atoms with E-state index in [0.29, 0.717) is 18.0 Å². The first kappa shape index (κ1) is 17.1. The second kappa shape index (κ2) is 9.06. The Morgan fingerprint density at radius 3 is 2.65 bits per heavy atom. The van der Waals surface area contributed by atoms with Crippen LogP contribution in [0.4, 0.5) is 8.78 Å². The highest BCUT2D eigenvalue weighted by Crippen LogP contribution is 2.12. The van der Waals surface area contributed by atoms with E-state index in [9.17, 15) is 13.6 Å². The molecule has 0 saturated heterocycles. The summed E-state index contributed by atoms with van der Waals surface area (Å²) in [5, 5.41) is 3.77. The standard InChI is InChI=1S/C15H20BrF2NO/c1-2-3-11(6-7-16)10-19-15(20)9-12-4-5-13(17)14(18)8-12/h4-5,8,11H,2-3,6-7,9-10H2,1H3,(H,19,20). The van der Waals surface area contributed by atoms with Gasteiger partial charge in [-0.25, -0.2) is 8.78 Å². The van der Waals surface area contributed by atoms with Crippen molar-refractivity contribution in [1.82, 2.24) is 5.32 Å². The van der Waals surface area contributed by atoms with E-state index in [-0.39, 0.29) is 12.3 Å². The number of nitrogens with one attached hydrogen (secondary N) is 1. The predicted molar refractivity (Wildman–Crippen MR) is 79.9 cm³/mol. The summed E-state index contributed by atoms with van der Waals surface area (Å²) in [6.45, 7) is 2.74. The summed E-state index contributed by atoms with van der Waals surface area (Å²) in [6, 6.07) is 3.54. The Morgan fingerprint density at radius 2 is 2.05 bits per heavy atom. The van der Waals surface area contributed by atoms with Crippen molar-refractivity contribution in [3.8, 4) is 0 Å². The molecule has 1 aromatic rings. The smallest absolute Gasteiger partial charge is 0.224 e. The quantitative estimate of drug-likeness (QED) is 0.711. The summed E-state index contributed by atoms with van der Waals surface area (Å²) >= 11 is 3.41. The third-order valence-electron chi connectivity index (χ3n) is 3.15. The fourth-order valence-electron chi connectivity index (χ4n) is 2.07. The maximum Gasteiger partial charge on any atom is 0.224 e. The first-order valence-electron chi connectivity index (χ1n) is 6.83. The number of hydrogen-bond acceptors (Lipinski definition) is 1. The second-order valence-electron chi connectivity index (χ2n) is 4.86. The van der Waals surface area contributed by atoms with E-state index in [4.69, 9.17) is 0 Å². The fourth-order valence-corrected chi connectivity index (χ4v) is 2.71. The lowest BCUT2D eigenvalue weighted by Crippen LogP contribution is -2.30. The molecule has 0 bridgehead atoms. The van der Waals surface area contributed by atoms with Gasteiger partial charge in [-0.1, -0.05) is 35.3 Å². The van der Waals surface area contributed by atoms with Gasteiger partial charge in [0.2, 0.25) is 5.91 Å². The summed E-state index contributed by atoms with van der Waals surface area (Å²) in [4.78, 5) is 11.8. The molecule has 0 aliphatic heterocycles. The Balaban J connectivity index is 2.44. The van der Waals surface area contributed by atoms with Crippen LogP contribution in [0.2, 0.25) is 0 Å². The molecule has 1 rings (SSSR count). The molecule has 0 radical (unpaired) electrons. The van der Waals surface area contributed by atoms with Gasteiger partial charge < -0.3 is 5.32 Å². The van der Waals surface area contributed by atoms with Crippen molar-refractivity contribution in [1.29, 1.82) is 0 Å². The number of hydrogen-bond donors (Lipinski definition) is 1. The van der Waals surface area contributed by atoms with Gasteiger partial charge in [0, 0.05) is 11.9 Å². The highest BCUT2D eigenvalue weighted by atomic mass is 79.9. The van der Waals surface area contributed by atoms with Crippen LogP contribution < -0.4 is 5.32 Å². The summed E-state index contributed by atoms with van der Waals surface area (Å²) < 4.78 is 25.8. The molecule has 0 aromatic heterocycles. The third kappa shape index (κ3) is 5.99. The Hall–Kier alpha value is -0.970. The summed E-state index contributed by atoms with van der Waals surface area (Å²) in [5.41, 5.74) is 0.480. The minimum atomic E-state index is -0.918. The Kier molecular flexibility index (Phi) is 7.73. The van der Waals surface area contributed by atoms with E-state index >= 15 is 0 Å². The van der Waals surface area contributed by atoms with E-state index in [1.54, 1.807) is 0 Å². The van der Waals surface area contributed by atoms with Gasteiger partial charge in [-0.3, -0.25) is 4.79 Å². The van der Waals surface area contributed by atoms with Crippen LogP contribution in [0.5, 0.6) is 0 Å². The van der Waals surface area contributed by atoms with Gasteiger partial charge in [-0.05, 0) is 36.5 Å².